The number of carbonyl (C=O) groups excluding carboxylic acids is 1. The number of hydrogen-bond donors (Lipinski definition) is 2. The average molecular weight is 258 g/mol. The van der Waals surface area contributed by atoms with Gasteiger partial charge in [-0.15, -0.1) is 0 Å². The summed E-state index contributed by atoms with van der Waals surface area (Å²) in [7, 11) is 0. The van der Waals surface area contributed by atoms with E-state index in [2.05, 4.69) is 12.2 Å². The molecule has 0 heterocycles. The molecule has 2 aromatic carbocycles. The van der Waals surface area contributed by atoms with E-state index < -0.39 is 11.7 Å². The predicted molar refractivity (Wildman–Crippen MR) is 74.6 cm³/mol. The summed E-state index contributed by atoms with van der Waals surface area (Å²) in [5.41, 5.74) is 7.90. The van der Waals surface area contributed by atoms with Crippen molar-refractivity contribution < 1.29 is 9.18 Å². The standard InChI is InChI=1S/C15H15FN2O/c1-2-10-3-6-12(7-4-10)18-15(19)13-9-11(16)5-8-14(13)17/h3-9H,2,17H2,1H3,(H,18,19). The molecule has 4 heteroatoms. The normalized spacial score (nSPS) is 10.2. The van der Waals surface area contributed by atoms with Crippen LogP contribution < -0.4 is 11.1 Å². The van der Waals surface area contributed by atoms with E-state index in [0.29, 0.717) is 5.69 Å². The zero-order chi connectivity index (χ0) is 13.8. The van der Waals surface area contributed by atoms with Crippen molar-refractivity contribution in [2.75, 3.05) is 11.1 Å². The van der Waals surface area contributed by atoms with Crippen LogP contribution in [0.15, 0.2) is 42.5 Å². The van der Waals surface area contributed by atoms with Gasteiger partial charge in [0.15, 0.2) is 0 Å². The summed E-state index contributed by atoms with van der Waals surface area (Å²) in [6, 6.07) is 11.2. The van der Waals surface area contributed by atoms with Gasteiger partial charge in [-0.05, 0) is 42.3 Å². The predicted octanol–water partition coefficient (Wildman–Crippen LogP) is 3.22. The Morgan fingerprint density at radius 1 is 1.21 bits per heavy atom. The number of carbonyl (C=O) groups is 1. The monoisotopic (exact) mass is 258 g/mol. The van der Waals surface area contributed by atoms with Crippen LogP contribution in [0.5, 0.6) is 0 Å². The fraction of sp³-hybridized carbons (Fsp3) is 0.133. The number of amides is 1. The molecule has 2 rings (SSSR count). The Balaban J connectivity index is 2.18. The third kappa shape index (κ3) is 3.10. The lowest BCUT2D eigenvalue weighted by molar-refractivity contribution is 0.102. The molecule has 0 aliphatic rings. The van der Waals surface area contributed by atoms with E-state index in [-0.39, 0.29) is 11.3 Å². The number of aryl methyl sites for hydroxylation is 1. The van der Waals surface area contributed by atoms with Crippen LogP contribution in [0.4, 0.5) is 15.8 Å². The van der Waals surface area contributed by atoms with E-state index in [4.69, 9.17) is 5.73 Å². The summed E-state index contributed by atoms with van der Waals surface area (Å²) in [6.07, 6.45) is 0.936. The molecule has 0 spiro atoms. The van der Waals surface area contributed by atoms with Crippen molar-refractivity contribution in [3.05, 3.63) is 59.4 Å². The quantitative estimate of drug-likeness (QED) is 0.830. The Bertz CT molecular complexity index is 594. The molecular formula is C15H15FN2O. The van der Waals surface area contributed by atoms with Crippen molar-refractivity contribution in [1.82, 2.24) is 0 Å². The SMILES string of the molecule is CCc1ccc(NC(=O)c2cc(F)ccc2N)cc1. The highest BCUT2D eigenvalue weighted by Gasteiger charge is 2.11. The highest BCUT2D eigenvalue weighted by molar-refractivity contribution is 6.07. The van der Waals surface area contributed by atoms with Gasteiger partial charge in [0.05, 0.1) is 5.56 Å². The van der Waals surface area contributed by atoms with E-state index in [1.807, 2.05) is 24.3 Å². The molecule has 3 N–H and O–H groups in total. The molecule has 98 valence electrons. The average Bonchev–Trinajstić information content (AvgIpc) is 2.42. The van der Waals surface area contributed by atoms with Crippen molar-refractivity contribution in [3.63, 3.8) is 0 Å². The fourth-order valence-corrected chi connectivity index (χ4v) is 1.75. The van der Waals surface area contributed by atoms with Gasteiger partial charge in [0, 0.05) is 11.4 Å². The van der Waals surface area contributed by atoms with E-state index in [0.717, 1.165) is 12.5 Å². The summed E-state index contributed by atoms with van der Waals surface area (Å²) in [5.74, 6) is -0.901. The Morgan fingerprint density at radius 2 is 1.89 bits per heavy atom. The van der Waals surface area contributed by atoms with Gasteiger partial charge in [0.25, 0.3) is 5.91 Å². The first-order valence-electron chi connectivity index (χ1n) is 6.05. The molecule has 0 aromatic heterocycles. The van der Waals surface area contributed by atoms with E-state index in [1.54, 1.807) is 0 Å². The molecule has 0 bridgehead atoms. The van der Waals surface area contributed by atoms with Gasteiger partial charge >= 0.3 is 0 Å². The Labute approximate surface area is 111 Å². The molecule has 0 aliphatic heterocycles. The first-order valence-corrected chi connectivity index (χ1v) is 6.05. The van der Waals surface area contributed by atoms with Gasteiger partial charge in [0.2, 0.25) is 0 Å². The largest absolute Gasteiger partial charge is 0.398 e. The lowest BCUT2D eigenvalue weighted by atomic mass is 10.1. The third-order valence-electron chi connectivity index (χ3n) is 2.88. The highest BCUT2D eigenvalue weighted by atomic mass is 19.1. The minimum atomic E-state index is -0.485. The molecular weight excluding hydrogens is 243 g/mol. The first-order chi connectivity index (χ1) is 9.10. The molecule has 0 atom stereocenters. The van der Waals surface area contributed by atoms with Crippen LogP contribution in [0, 0.1) is 5.82 Å². The van der Waals surface area contributed by atoms with Crippen molar-refractivity contribution in [2.24, 2.45) is 0 Å². The smallest absolute Gasteiger partial charge is 0.257 e. The van der Waals surface area contributed by atoms with Crippen LogP contribution in [0.3, 0.4) is 0 Å². The van der Waals surface area contributed by atoms with Crippen LogP contribution >= 0.6 is 0 Å². The molecule has 0 saturated heterocycles. The zero-order valence-corrected chi connectivity index (χ0v) is 10.6. The van der Waals surface area contributed by atoms with Crippen molar-refractivity contribution in [1.29, 1.82) is 0 Å². The molecule has 3 nitrogen and oxygen atoms in total. The Hall–Kier alpha value is -2.36. The Morgan fingerprint density at radius 3 is 2.53 bits per heavy atom. The maximum Gasteiger partial charge on any atom is 0.257 e. The Kier molecular flexibility index (Phi) is 3.80. The molecule has 0 radical (unpaired) electrons. The fourth-order valence-electron chi connectivity index (χ4n) is 1.75. The number of hydrogen-bond acceptors (Lipinski definition) is 2. The van der Waals surface area contributed by atoms with Gasteiger partial charge in [-0.2, -0.15) is 0 Å². The molecule has 0 fully saturated rings. The van der Waals surface area contributed by atoms with E-state index in [9.17, 15) is 9.18 Å². The highest BCUT2D eigenvalue weighted by Crippen LogP contribution is 2.16. The summed E-state index contributed by atoms with van der Waals surface area (Å²) < 4.78 is 13.1. The zero-order valence-electron chi connectivity index (χ0n) is 10.6. The lowest BCUT2D eigenvalue weighted by Crippen LogP contribution is -2.14. The lowest BCUT2D eigenvalue weighted by Gasteiger charge is -2.08. The van der Waals surface area contributed by atoms with Crippen molar-refractivity contribution in [2.45, 2.75) is 13.3 Å². The van der Waals surface area contributed by atoms with Crippen LogP contribution in [-0.4, -0.2) is 5.91 Å². The van der Waals surface area contributed by atoms with Crippen molar-refractivity contribution in [3.8, 4) is 0 Å². The number of nitrogens with two attached hydrogens (primary N) is 1. The summed E-state index contributed by atoms with van der Waals surface area (Å²) in [5, 5.41) is 2.69. The number of anilines is 2. The molecule has 1 amide bonds. The number of halogens is 1. The minimum absolute atomic E-state index is 0.138. The molecule has 0 saturated carbocycles. The molecule has 0 aliphatic carbocycles. The third-order valence-corrected chi connectivity index (χ3v) is 2.88. The van der Waals surface area contributed by atoms with Gasteiger partial charge in [0.1, 0.15) is 5.82 Å². The second-order valence-corrected chi connectivity index (χ2v) is 4.24. The summed E-state index contributed by atoms with van der Waals surface area (Å²) in [6.45, 7) is 2.06. The molecule has 19 heavy (non-hydrogen) atoms. The van der Waals surface area contributed by atoms with Crippen LogP contribution in [0.1, 0.15) is 22.8 Å². The second-order valence-electron chi connectivity index (χ2n) is 4.24. The number of rotatable bonds is 3. The van der Waals surface area contributed by atoms with Gasteiger partial charge in [-0.3, -0.25) is 4.79 Å². The topological polar surface area (TPSA) is 55.1 Å². The summed E-state index contributed by atoms with van der Waals surface area (Å²) >= 11 is 0. The maximum absolute atomic E-state index is 13.1. The maximum atomic E-state index is 13.1. The van der Waals surface area contributed by atoms with E-state index >= 15 is 0 Å². The van der Waals surface area contributed by atoms with Crippen molar-refractivity contribution >= 4 is 17.3 Å². The van der Waals surface area contributed by atoms with Gasteiger partial charge in [-0.1, -0.05) is 19.1 Å². The van der Waals surface area contributed by atoms with Crippen LogP contribution in [0.25, 0.3) is 0 Å². The van der Waals surface area contributed by atoms with Gasteiger partial charge in [-0.25, -0.2) is 4.39 Å². The number of nitrogen functional groups attached to an aromatic ring is 1. The number of benzene rings is 2. The van der Waals surface area contributed by atoms with Crippen LogP contribution in [-0.2, 0) is 6.42 Å². The second kappa shape index (κ2) is 5.52. The van der Waals surface area contributed by atoms with Gasteiger partial charge < -0.3 is 11.1 Å². The minimum Gasteiger partial charge on any atom is -0.398 e. The first kappa shape index (κ1) is 13.1. The summed E-state index contributed by atoms with van der Waals surface area (Å²) in [4.78, 5) is 12.0. The molecule has 2 aromatic rings. The van der Waals surface area contributed by atoms with Crippen LogP contribution in [0.2, 0.25) is 0 Å². The number of nitrogens with one attached hydrogen (secondary N) is 1. The van der Waals surface area contributed by atoms with E-state index in [1.165, 1.54) is 17.7 Å². The molecule has 0 unspecified atom stereocenters.